The number of ether oxygens (including phenoxy) is 1. The summed E-state index contributed by atoms with van der Waals surface area (Å²) in [7, 11) is 0. The zero-order valence-electron chi connectivity index (χ0n) is 28.4. The summed E-state index contributed by atoms with van der Waals surface area (Å²) >= 11 is 0. The molecule has 2 aliphatic heterocycles. The van der Waals surface area contributed by atoms with Crippen LogP contribution in [0.5, 0.6) is 0 Å². The zero-order valence-corrected chi connectivity index (χ0v) is 28.4. The monoisotopic (exact) mass is 706 g/mol. The average molecular weight is 707 g/mol. The second kappa shape index (κ2) is 15.0. The Labute approximate surface area is 298 Å². The highest BCUT2D eigenvalue weighted by Crippen LogP contribution is 2.39. The number of anilines is 3. The molecule has 1 fully saturated rings. The third kappa shape index (κ3) is 7.06. The fourth-order valence-corrected chi connectivity index (χ4v) is 6.42. The van der Waals surface area contributed by atoms with Crippen LogP contribution in [0.2, 0.25) is 0 Å². The van der Waals surface area contributed by atoms with E-state index >= 15 is 0 Å². The van der Waals surface area contributed by atoms with Gasteiger partial charge in [-0.15, -0.1) is 0 Å². The van der Waals surface area contributed by atoms with Crippen molar-refractivity contribution >= 4 is 52.0 Å². The van der Waals surface area contributed by atoms with Crippen molar-refractivity contribution in [2.24, 2.45) is 0 Å². The summed E-state index contributed by atoms with van der Waals surface area (Å²) in [4.78, 5) is 63.5. The van der Waals surface area contributed by atoms with Crippen molar-refractivity contribution in [2.45, 2.75) is 45.0 Å². The Kier molecular flexibility index (Phi) is 9.90. The summed E-state index contributed by atoms with van der Waals surface area (Å²) in [5.41, 5.74) is 4.77. The van der Waals surface area contributed by atoms with Crippen molar-refractivity contribution in [1.82, 2.24) is 40.3 Å². The van der Waals surface area contributed by atoms with Gasteiger partial charge in [-0.1, -0.05) is 13.0 Å². The topological polar surface area (TPSA) is 208 Å². The number of aryl methyl sites for hydroxylation is 1. The van der Waals surface area contributed by atoms with E-state index in [9.17, 15) is 24.3 Å². The van der Waals surface area contributed by atoms with E-state index in [4.69, 9.17) is 9.72 Å². The third-order valence-electron chi connectivity index (χ3n) is 8.91. The summed E-state index contributed by atoms with van der Waals surface area (Å²) in [5.74, 6) is -1.30. The van der Waals surface area contributed by atoms with Gasteiger partial charge in [0.05, 0.1) is 25.1 Å². The number of H-pyrrole nitrogens is 1. The molecule has 2 aliphatic rings. The van der Waals surface area contributed by atoms with E-state index in [2.05, 4.69) is 43.3 Å². The number of carbonyl (C=O) groups excluding carboxylic acids is 4. The number of amides is 4. The van der Waals surface area contributed by atoms with Gasteiger partial charge in [0.15, 0.2) is 6.23 Å². The molecule has 16 nitrogen and oxygen atoms in total. The van der Waals surface area contributed by atoms with Crippen LogP contribution < -0.4 is 21.3 Å². The molecule has 2 unspecified atom stereocenters. The van der Waals surface area contributed by atoms with E-state index in [1.165, 1.54) is 0 Å². The summed E-state index contributed by atoms with van der Waals surface area (Å²) in [6.45, 7) is 4.13. The molecular formula is C36H38N10O6. The second-order valence-electron chi connectivity index (χ2n) is 12.4. The van der Waals surface area contributed by atoms with Crippen LogP contribution in [0.1, 0.15) is 58.7 Å². The molecule has 5 aromatic rings. The number of benzene rings is 2. The average Bonchev–Trinajstić information content (AvgIpc) is 3.87. The van der Waals surface area contributed by atoms with Crippen LogP contribution in [-0.4, -0.2) is 90.7 Å². The minimum absolute atomic E-state index is 0.0908. The van der Waals surface area contributed by atoms with Crippen LogP contribution in [-0.2, 0) is 20.9 Å². The fourth-order valence-electron chi connectivity index (χ4n) is 6.42. The number of aromatic nitrogens is 5. The van der Waals surface area contributed by atoms with E-state index in [0.29, 0.717) is 47.1 Å². The Balaban J connectivity index is 0.867. The lowest BCUT2D eigenvalue weighted by Crippen LogP contribution is -2.53. The minimum Gasteiger partial charge on any atom is -0.382 e. The lowest BCUT2D eigenvalue weighted by Gasteiger charge is -2.32. The largest absolute Gasteiger partial charge is 0.382 e. The maximum Gasteiger partial charge on any atom is 0.257 e. The summed E-state index contributed by atoms with van der Waals surface area (Å²) in [6, 6.07) is 13.0. The molecule has 52 heavy (non-hydrogen) atoms. The lowest BCUT2D eigenvalue weighted by atomic mass is 10.0. The zero-order chi connectivity index (χ0) is 36.2. The predicted octanol–water partition coefficient (Wildman–Crippen LogP) is 3.09. The van der Waals surface area contributed by atoms with Gasteiger partial charge >= 0.3 is 0 Å². The van der Waals surface area contributed by atoms with Crippen molar-refractivity contribution < 1.29 is 29.0 Å². The van der Waals surface area contributed by atoms with Crippen molar-refractivity contribution in [2.75, 3.05) is 36.9 Å². The lowest BCUT2D eigenvalue weighted by molar-refractivity contribution is -0.139. The first kappa shape index (κ1) is 34.3. The molecule has 6 N–H and O–H groups in total. The van der Waals surface area contributed by atoms with Crippen LogP contribution in [0.25, 0.3) is 22.3 Å². The van der Waals surface area contributed by atoms with Gasteiger partial charge < -0.3 is 30.8 Å². The molecule has 1 saturated heterocycles. The Morgan fingerprint density at radius 1 is 1.06 bits per heavy atom. The summed E-state index contributed by atoms with van der Waals surface area (Å²) in [6.07, 6.45) is 5.48. The molecule has 3 aromatic heterocycles. The number of piperidine rings is 1. The number of hydrogen-bond acceptors (Lipinski definition) is 11. The van der Waals surface area contributed by atoms with E-state index in [1.54, 1.807) is 48.7 Å². The maximum absolute atomic E-state index is 13.1. The fraction of sp³-hybridized carbons (Fsp3) is 0.306. The molecule has 268 valence electrons. The molecule has 4 amide bonds. The van der Waals surface area contributed by atoms with Crippen molar-refractivity contribution in [3.05, 3.63) is 83.8 Å². The third-order valence-corrected chi connectivity index (χ3v) is 8.91. The second-order valence-corrected chi connectivity index (χ2v) is 12.4. The number of fused-ring (bicyclic) bond motifs is 2. The number of hydrogen-bond donors (Lipinski definition) is 6. The van der Waals surface area contributed by atoms with Gasteiger partial charge in [0.2, 0.25) is 17.8 Å². The number of aliphatic hydroxyl groups excluding tert-OH is 1. The van der Waals surface area contributed by atoms with Crippen LogP contribution in [0.15, 0.2) is 67.1 Å². The molecule has 2 atom stereocenters. The smallest absolute Gasteiger partial charge is 0.257 e. The van der Waals surface area contributed by atoms with Gasteiger partial charge in [-0.25, -0.2) is 4.98 Å². The van der Waals surface area contributed by atoms with E-state index in [0.717, 1.165) is 40.2 Å². The predicted molar refractivity (Wildman–Crippen MR) is 191 cm³/mol. The SMILES string of the molecule is CCCn1cc(-c2nc(Nc3ccc(C(=O)NCCOCCNc4cccc5c4C(O)N(C4CCC(=O)NC4=O)C5=O)cc3)nc3[nH]ccc23)cn1. The molecule has 0 bridgehead atoms. The molecule has 2 aromatic carbocycles. The first-order chi connectivity index (χ1) is 25.3. The van der Waals surface area contributed by atoms with Crippen LogP contribution >= 0.6 is 0 Å². The molecule has 0 radical (unpaired) electrons. The highest BCUT2D eigenvalue weighted by molar-refractivity contribution is 6.06. The van der Waals surface area contributed by atoms with Gasteiger partial charge in [0.25, 0.3) is 11.8 Å². The number of nitrogens with one attached hydrogen (secondary N) is 5. The summed E-state index contributed by atoms with van der Waals surface area (Å²) in [5, 5.41) is 27.9. The quantitative estimate of drug-likeness (QED) is 0.0730. The highest BCUT2D eigenvalue weighted by Gasteiger charge is 2.45. The van der Waals surface area contributed by atoms with Gasteiger partial charge in [0, 0.05) is 77.5 Å². The van der Waals surface area contributed by atoms with Crippen LogP contribution in [0.4, 0.5) is 17.3 Å². The number of carbonyl (C=O) groups is 4. The first-order valence-electron chi connectivity index (χ1n) is 17.1. The van der Waals surface area contributed by atoms with E-state index < -0.39 is 30.0 Å². The highest BCUT2D eigenvalue weighted by atomic mass is 16.5. The van der Waals surface area contributed by atoms with Crippen molar-refractivity contribution in [1.29, 1.82) is 0 Å². The van der Waals surface area contributed by atoms with Crippen molar-refractivity contribution in [3.8, 4) is 11.3 Å². The first-order valence-corrected chi connectivity index (χ1v) is 17.1. The van der Waals surface area contributed by atoms with Gasteiger partial charge in [-0.2, -0.15) is 10.1 Å². The standard InChI is InChI=1S/C36H38N10O6/c1-2-16-45-20-22(19-40-45)30-25-12-13-38-31(25)44-36(43-30)41-23-8-6-21(7-9-23)32(48)39-15-18-52-17-14-37-26-5-3-4-24-29(26)35(51)46(34(24)50)27-10-11-28(47)42-33(27)49/h3-9,12-13,19-20,27,35,37,51H,2,10-11,14-18H2,1H3,(H,39,48)(H,42,47,49)(H2,38,41,43,44). The Morgan fingerprint density at radius 2 is 1.88 bits per heavy atom. The maximum atomic E-state index is 13.1. The molecule has 0 saturated carbocycles. The number of aliphatic hydroxyl groups is 1. The minimum atomic E-state index is -1.34. The number of nitrogens with zero attached hydrogens (tertiary/aromatic N) is 5. The van der Waals surface area contributed by atoms with Gasteiger partial charge in [-0.05, 0) is 55.3 Å². The van der Waals surface area contributed by atoms with Crippen LogP contribution in [0, 0.1) is 0 Å². The molecule has 0 aliphatic carbocycles. The normalized spacial score (nSPS) is 17.0. The number of aromatic amines is 1. The number of rotatable bonds is 14. The van der Waals surface area contributed by atoms with E-state index in [1.807, 2.05) is 23.1 Å². The molecular weight excluding hydrogens is 668 g/mol. The molecule has 7 rings (SSSR count). The molecule has 0 spiro atoms. The van der Waals surface area contributed by atoms with Gasteiger partial charge in [-0.3, -0.25) is 34.1 Å². The van der Waals surface area contributed by atoms with E-state index in [-0.39, 0.29) is 31.9 Å². The Bertz CT molecular complexity index is 2130. The summed E-state index contributed by atoms with van der Waals surface area (Å²) < 4.78 is 7.58. The molecule has 5 heterocycles. The van der Waals surface area contributed by atoms with Crippen LogP contribution in [0.3, 0.4) is 0 Å². The Morgan fingerprint density at radius 3 is 2.69 bits per heavy atom. The van der Waals surface area contributed by atoms with Gasteiger partial charge in [0.1, 0.15) is 11.7 Å². The number of imide groups is 1. The van der Waals surface area contributed by atoms with Crippen molar-refractivity contribution in [3.63, 3.8) is 0 Å². The Hall–Kier alpha value is -6.13. The molecule has 16 heteroatoms.